The average Bonchev–Trinajstić information content (AvgIpc) is 2.12. The predicted octanol–water partition coefficient (Wildman–Crippen LogP) is 0.427. The van der Waals surface area contributed by atoms with Crippen molar-refractivity contribution < 1.29 is 0 Å². The smallest absolute Gasteiger partial charge is 0.134 e. The van der Waals surface area contributed by atoms with Gasteiger partial charge in [0.2, 0.25) is 0 Å². The van der Waals surface area contributed by atoms with Crippen LogP contribution in [0, 0.1) is 5.41 Å². The lowest BCUT2D eigenvalue weighted by molar-refractivity contribution is 1.45. The molecule has 0 bridgehead atoms. The number of hydrogen-bond acceptors (Lipinski definition) is 3. The third-order valence-electron chi connectivity index (χ3n) is 0.703. The van der Waals surface area contributed by atoms with Crippen molar-refractivity contribution in [2.75, 3.05) is 0 Å². The Hall–Kier alpha value is -0.900. The van der Waals surface area contributed by atoms with Crippen molar-refractivity contribution in [2.45, 2.75) is 0 Å². The molecule has 0 aliphatic heterocycles. The molecule has 0 aliphatic carbocycles. The van der Waals surface area contributed by atoms with Crippen LogP contribution in [-0.4, -0.2) is 10.2 Å². The summed E-state index contributed by atoms with van der Waals surface area (Å²) in [5.74, 6) is 0.0903. The van der Waals surface area contributed by atoms with Crippen LogP contribution in [0.1, 0.15) is 4.88 Å². The number of aromatic nitrogens is 1. The van der Waals surface area contributed by atoms with Crippen molar-refractivity contribution in [3.63, 3.8) is 0 Å². The van der Waals surface area contributed by atoms with Crippen LogP contribution in [0.3, 0.4) is 0 Å². The Morgan fingerprint density at radius 2 is 2.62 bits per heavy atom. The summed E-state index contributed by atoms with van der Waals surface area (Å²) in [5, 5.41) is 6.90. The van der Waals surface area contributed by atoms with Crippen molar-refractivity contribution in [3.05, 3.63) is 17.1 Å². The highest BCUT2D eigenvalue weighted by atomic mass is 32.1. The zero-order chi connectivity index (χ0) is 5.98. The molecule has 42 valence electrons. The van der Waals surface area contributed by atoms with E-state index >= 15 is 0 Å². The van der Waals surface area contributed by atoms with Crippen molar-refractivity contribution in [1.29, 1.82) is 5.41 Å². The second kappa shape index (κ2) is 1.92. The van der Waals surface area contributed by atoms with Crippen molar-refractivity contribution >= 4 is 17.4 Å². The van der Waals surface area contributed by atoms with E-state index in [9.17, 15) is 0 Å². The van der Waals surface area contributed by atoms with Crippen LogP contribution in [0.25, 0.3) is 0 Å². The first-order chi connectivity index (χ1) is 3.80. The van der Waals surface area contributed by atoms with E-state index in [1.54, 1.807) is 12.3 Å². The highest BCUT2D eigenvalue weighted by Crippen LogP contribution is 2.00. The minimum atomic E-state index is 0.0903. The third-order valence-corrected chi connectivity index (χ3v) is 1.48. The van der Waals surface area contributed by atoms with Gasteiger partial charge in [0.1, 0.15) is 5.84 Å². The van der Waals surface area contributed by atoms with Gasteiger partial charge in [-0.1, -0.05) is 0 Å². The Bertz CT molecular complexity index is 179. The van der Waals surface area contributed by atoms with Gasteiger partial charge in [-0.3, -0.25) is 5.41 Å². The van der Waals surface area contributed by atoms with Gasteiger partial charge in [0.05, 0.1) is 4.88 Å². The van der Waals surface area contributed by atoms with E-state index in [-0.39, 0.29) is 5.84 Å². The van der Waals surface area contributed by atoms with Gasteiger partial charge in [-0.15, -0.1) is 0 Å². The first kappa shape index (κ1) is 5.24. The summed E-state index contributed by atoms with van der Waals surface area (Å²) in [5.41, 5.74) is 5.11. The molecule has 3 N–H and O–H groups in total. The molecule has 0 radical (unpaired) electrons. The van der Waals surface area contributed by atoms with E-state index in [1.165, 1.54) is 11.5 Å². The number of nitrogens with zero attached hydrogens (tertiary/aromatic N) is 1. The van der Waals surface area contributed by atoms with Crippen LogP contribution >= 0.6 is 11.5 Å². The van der Waals surface area contributed by atoms with Crippen LogP contribution < -0.4 is 5.73 Å². The van der Waals surface area contributed by atoms with E-state index in [0.29, 0.717) is 0 Å². The molecule has 1 aromatic rings. The summed E-state index contributed by atoms with van der Waals surface area (Å²) in [6.07, 6.45) is 1.63. The molecule has 0 saturated heterocycles. The van der Waals surface area contributed by atoms with Gasteiger partial charge in [0, 0.05) is 6.20 Å². The first-order valence-electron chi connectivity index (χ1n) is 2.06. The summed E-state index contributed by atoms with van der Waals surface area (Å²) < 4.78 is 3.76. The Balaban J connectivity index is 2.93. The van der Waals surface area contributed by atoms with Crippen LogP contribution in [0.15, 0.2) is 12.3 Å². The number of nitrogen functional groups attached to an aromatic ring is 1. The maximum absolute atomic E-state index is 6.90. The van der Waals surface area contributed by atoms with Crippen molar-refractivity contribution in [2.24, 2.45) is 5.73 Å². The SMILES string of the molecule is N=C(N)c1ccns1. The van der Waals surface area contributed by atoms with Gasteiger partial charge in [-0.25, -0.2) is 4.37 Å². The van der Waals surface area contributed by atoms with E-state index in [0.717, 1.165) is 4.88 Å². The number of nitrogens with two attached hydrogens (primary N) is 1. The van der Waals surface area contributed by atoms with Crippen LogP contribution in [-0.2, 0) is 0 Å². The quantitative estimate of drug-likeness (QED) is 0.424. The fraction of sp³-hybridized carbons (Fsp3) is 0. The summed E-state index contributed by atoms with van der Waals surface area (Å²) in [4.78, 5) is 0.727. The molecule has 4 heteroatoms. The van der Waals surface area contributed by atoms with Crippen LogP contribution in [0.4, 0.5) is 0 Å². The topological polar surface area (TPSA) is 62.8 Å². The van der Waals surface area contributed by atoms with Crippen molar-refractivity contribution in [1.82, 2.24) is 4.37 Å². The van der Waals surface area contributed by atoms with Gasteiger partial charge in [-0.05, 0) is 17.6 Å². The predicted molar refractivity (Wildman–Crippen MR) is 33.1 cm³/mol. The molecular weight excluding hydrogens is 122 g/mol. The monoisotopic (exact) mass is 127 g/mol. The molecule has 0 aromatic carbocycles. The third kappa shape index (κ3) is 0.840. The molecule has 1 aromatic heterocycles. The molecule has 3 nitrogen and oxygen atoms in total. The number of amidine groups is 1. The standard InChI is InChI=1S/C4H5N3S/c5-4(6)3-1-2-7-8-3/h1-2H,(H3,5,6). The molecule has 0 saturated carbocycles. The summed E-state index contributed by atoms with van der Waals surface area (Å²) in [7, 11) is 0. The van der Waals surface area contributed by atoms with Crippen LogP contribution in [0.5, 0.6) is 0 Å². The minimum Gasteiger partial charge on any atom is -0.383 e. The lowest BCUT2D eigenvalue weighted by Crippen LogP contribution is -2.08. The van der Waals surface area contributed by atoms with Gasteiger partial charge in [-0.2, -0.15) is 0 Å². The number of rotatable bonds is 1. The summed E-state index contributed by atoms with van der Waals surface area (Å²) >= 11 is 1.23. The molecule has 0 atom stereocenters. The Morgan fingerprint density at radius 3 is 2.88 bits per heavy atom. The lowest BCUT2D eigenvalue weighted by Gasteiger charge is -1.83. The van der Waals surface area contributed by atoms with E-state index in [1.807, 2.05) is 0 Å². The highest BCUT2D eigenvalue weighted by molar-refractivity contribution is 7.08. The second-order valence-corrected chi connectivity index (χ2v) is 2.12. The summed E-state index contributed by atoms with van der Waals surface area (Å²) in [6, 6.07) is 1.72. The Kier molecular flexibility index (Phi) is 1.26. The highest BCUT2D eigenvalue weighted by Gasteiger charge is 1.93. The lowest BCUT2D eigenvalue weighted by atomic mass is 10.5. The summed E-state index contributed by atoms with van der Waals surface area (Å²) in [6.45, 7) is 0. The molecular formula is C4H5N3S. The zero-order valence-corrected chi connectivity index (χ0v) is 4.90. The normalized spacial score (nSPS) is 9.00. The Morgan fingerprint density at radius 1 is 1.88 bits per heavy atom. The Labute approximate surface area is 50.8 Å². The average molecular weight is 127 g/mol. The molecule has 0 aliphatic rings. The van der Waals surface area contributed by atoms with E-state index in [4.69, 9.17) is 11.1 Å². The van der Waals surface area contributed by atoms with Crippen molar-refractivity contribution in [3.8, 4) is 0 Å². The van der Waals surface area contributed by atoms with E-state index < -0.39 is 0 Å². The largest absolute Gasteiger partial charge is 0.383 e. The molecule has 1 heterocycles. The molecule has 0 spiro atoms. The van der Waals surface area contributed by atoms with Gasteiger partial charge in [0.25, 0.3) is 0 Å². The van der Waals surface area contributed by atoms with Crippen LogP contribution in [0.2, 0.25) is 0 Å². The molecule has 1 rings (SSSR count). The van der Waals surface area contributed by atoms with Gasteiger partial charge < -0.3 is 5.73 Å². The first-order valence-corrected chi connectivity index (χ1v) is 2.83. The van der Waals surface area contributed by atoms with E-state index in [2.05, 4.69) is 4.37 Å². The number of hydrogen-bond donors (Lipinski definition) is 2. The fourth-order valence-electron chi connectivity index (χ4n) is 0.355. The maximum atomic E-state index is 6.90. The van der Waals surface area contributed by atoms with Gasteiger partial charge in [0.15, 0.2) is 0 Å². The molecule has 0 fully saturated rings. The van der Waals surface area contributed by atoms with Gasteiger partial charge >= 0.3 is 0 Å². The molecule has 0 amide bonds. The zero-order valence-electron chi connectivity index (χ0n) is 4.09. The minimum absolute atomic E-state index is 0.0903. The second-order valence-electron chi connectivity index (χ2n) is 1.29. The fourth-order valence-corrected chi connectivity index (χ4v) is 0.810. The molecule has 0 unspecified atom stereocenters. The maximum Gasteiger partial charge on any atom is 0.134 e. The number of nitrogens with one attached hydrogen (secondary N) is 1. The molecule has 8 heavy (non-hydrogen) atoms.